The Morgan fingerprint density at radius 3 is 2.97 bits per heavy atom. The Labute approximate surface area is 184 Å². The normalized spacial score (nSPS) is 22.4. The molecule has 1 fully saturated rings. The third-order valence-corrected chi connectivity index (χ3v) is 5.92. The lowest BCUT2D eigenvalue weighted by Gasteiger charge is -2.31. The van der Waals surface area contributed by atoms with Crippen LogP contribution in [0.1, 0.15) is 64.0 Å². The van der Waals surface area contributed by atoms with E-state index in [1.165, 1.54) is 9.47 Å². The summed E-state index contributed by atoms with van der Waals surface area (Å²) in [6.45, 7) is -0.289. The maximum Gasteiger partial charge on any atom is 0.256 e. The number of fused-ring (bicyclic) bond motifs is 2. The van der Waals surface area contributed by atoms with Crippen LogP contribution in [0.4, 0.5) is 4.39 Å². The van der Waals surface area contributed by atoms with Gasteiger partial charge in [0.2, 0.25) is 0 Å². The Morgan fingerprint density at radius 1 is 1.30 bits per heavy atom. The van der Waals surface area contributed by atoms with Gasteiger partial charge in [-0.2, -0.15) is 0 Å². The van der Waals surface area contributed by atoms with Gasteiger partial charge in [0.1, 0.15) is 11.6 Å². The van der Waals surface area contributed by atoms with Crippen LogP contribution >= 0.6 is 0 Å². The molecule has 0 N–H and O–H groups in total. The highest BCUT2D eigenvalue weighted by Gasteiger charge is 2.25. The van der Waals surface area contributed by atoms with Crippen LogP contribution in [-0.2, 0) is 19.3 Å². The van der Waals surface area contributed by atoms with Crippen molar-refractivity contribution in [3.63, 3.8) is 0 Å². The molecule has 2 aliphatic heterocycles. The molecule has 1 saturated heterocycles. The second kappa shape index (κ2) is 7.95. The minimum Gasteiger partial charge on any atom is -0.356 e. The van der Waals surface area contributed by atoms with Crippen molar-refractivity contribution in [2.24, 2.45) is 0 Å². The van der Waals surface area contributed by atoms with Crippen LogP contribution in [0.3, 0.4) is 0 Å². The molecule has 2 aliphatic rings. The maximum atomic E-state index is 14.1. The van der Waals surface area contributed by atoms with Crippen LogP contribution < -0.4 is 5.56 Å². The Bertz CT molecular complexity index is 1450. The predicted molar refractivity (Wildman–Crippen MR) is 112 cm³/mol. The first kappa shape index (κ1) is 13.0. The number of aryl methyl sites for hydroxylation is 2. The lowest BCUT2D eigenvalue weighted by atomic mass is 9.91. The second-order valence-corrected chi connectivity index (χ2v) is 7.86. The van der Waals surface area contributed by atoms with Gasteiger partial charge in [0.25, 0.3) is 5.56 Å². The molecule has 7 heteroatoms. The van der Waals surface area contributed by atoms with E-state index in [2.05, 4.69) is 10.1 Å². The quantitative estimate of drug-likeness (QED) is 0.649. The van der Waals surface area contributed by atoms with Gasteiger partial charge < -0.3 is 9.42 Å². The fourth-order valence-electron chi connectivity index (χ4n) is 4.27. The number of benzene rings is 1. The average Bonchev–Trinajstić information content (AvgIpc) is 3.31. The van der Waals surface area contributed by atoms with Gasteiger partial charge in [-0.3, -0.25) is 9.36 Å². The Kier molecular flexibility index (Phi) is 3.44. The van der Waals surface area contributed by atoms with Crippen molar-refractivity contribution < 1.29 is 18.5 Å². The van der Waals surface area contributed by atoms with Gasteiger partial charge in [-0.1, -0.05) is 5.16 Å². The van der Waals surface area contributed by atoms with Gasteiger partial charge in [0.05, 0.1) is 9.81 Å². The van der Waals surface area contributed by atoms with E-state index in [9.17, 15) is 9.18 Å². The molecule has 0 amide bonds. The van der Waals surface area contributed by atoms with Gasteiger partial charge in [-0.05, 0) is 64.2 Å². The predicted octanol–water partition coefficient (Wildman–Crippen LogP) is 3.59. The molecule has 0 bridgehead atoms. The fourth-order valence-corrected chi connectivity index (χ4v) is 4.27. The standard InChI is InChI=1S/C23H27FN4O2/c1-15-18(23(29)28-10-3-2-4-21(28)25-15)9-13-27-11-7-16(8-12-27)22-19-6-5-17(24)14-20(19)30-26-22/h5-6,14,16H,2-4,7-13H2,1H3/i5D,6D,9D2,13D2,14D. The molecule has 30 heavy (non-hydrogen) atoms. The van der Waals surface area contributed by atoms with E-state index in [1.54, 1.807) is 6.92 Å². The highest BCUT2D eigenvalue weighted by molar-refractivity contribution is 5.79. The van der Waals surface area contributed by atoms with Crippen molar-refractivity contribution in [2.75, 3.05) is 19.6 Å². The molecule has 0 spiro atoms. The van der Waals surface area contributed by atoms with E-state index >= 15 is 0 Å². The van der Waals surface area contributed by atoms with E-state index in [0.717, 1.165) is 12.8 Å². The van der Waals surface area contributed by atoms with E-state index in [0.29, 0.717) is 37.3 Å². The summed E-state index contributed by atoms with van der Waals surface area (Å²) in [7, 11) is 0. The van der Waals surface area contributed by atoms with Gasteiger partial charge in [0.15, 0.2) is 5.58 Å². The SMILES string of the molecule is [2H]c1c(F)c([2H])c2onc(C3CCN(C([2H])([2H])C([2H])([2H])c4c(C)nc5n(c4=O)CCCC5)CC3)c2c1[2H]. The molecule has 3 aromatic rings. The molecular formula is C23H27FN4O2. The van der Waals surface area contributed by atoms with Crippen LogP contribution in [-0.4, -0.2) is 39.2 Å². The largest absolute Gasteiger partial charge is 0.356 e. The van der Waals surface area contributed by atoms with E-state index < -0.39 is 42.4 Å². The molecule has 0 atom stereocenters. The Hall–Kier alpha value is -2.54. The molecule has 6 nitrogen and oxygen atoms in total. The molecular weight excluding hydrogens is 383 g/mol. The number of rotatable bonds is 4. The monoisotopic (exact) mass is 417 g/mol. The highest BCUT2D eigenvalue weighted by Crippen LogP contribution is 2.32. The van der Waals surface area contributed by atoms with E-state index in [1.807, 2.05) is 0 Å². The molecule has 0 aliphatic carbocycles. The summed E-state index contributed by atoms with van der Waals surface area (Å²) in [4.78, 5) is 19.1. The zero-order valence-electron chi connectivity index (χ0n) is 23.7. The highest BCUT2D eigenvalue weighted by atomic mass is 19.1. The number of piperidine rings is 1. The summed E-state index contributed by atoms with van der Waals surface area (Å²) in [6.07, 6.45) is 0.335. The number of hydrogen-bond donors (Lipinski definition) is 0. The van der Waals surface area contributed by atoms with Gasteiger partial charge in [0, 0.05) is 53.5 Å². The summed E-state index contributed by atoms with van der Waals surface area (Å²) in [5, 5.41) is 4.08. The first-order chi connectivity index (χ1) is 17.4. The number of aromatic nitrogens is 3. The van der Waals surface area contributed by atoms with Crippen molar-refractivity contribution in [3.05, 3.63) is 57.1 Å². The first-order valence-electron chi connectivity index (χ1n) is 13.8. The Balaban J connectivity index is 1.42. The number of nitrogens with zero attached hydrogens (tertiary/aromatic N) is 4. The lowest BCUT2D eigenvalue weighted by molar-refractivity contribution is 0.211. The summed E-state index contributed by atoms with van der Waals surface area (Å²) >= 11 is 0. The minimum atomic E-state index is -2.64. The van der Waals surface area contributed by atoms with Crippen molar-refractivity contribution in [2.45, 2.75) is 57.9 Å². The van der Waals surface area contributed by atoms with Crippen molar-refractivity contribution in [1.29, 1.82) is 0 Å². The molecule has 4 heterocycles. The van der Waals surface area contributed by atoms with E-state index in [-0.39, 0.29) is 41.2 Å². The summed E-state index contributed by atoms with van der Waals surface area (Å²) < 4.78 is 79.6. The molecule has 1 aromatic carbocycles. The summed E-state index contributed by atoms with van der Waals surface area (Å²) in [5.41, 5.74) is -0.479. The zero-order chi connectivity index (χ0) is 26.9. The summed E-state index contributed by atoms with van der Waals surface area (Å²) in [5.74, 6) is -0.853. The summed E-state index contributed by atoms with van der Waals surface area (Å²) in [6, 6.07) is -1.74. The van der Waals surface area contributed by atoms with Crippen LogP contribution in [0.2, 0.25) is 0 Å². The van der Waals surface area contributed by atoms with Crippen LogP contribution in [0.25, 0.3) is 11.0 Å². The number of hydrogen-bond acceptors (Lipinski definition) is 5. The van der Waals surface area contributed by atoms with Gasteiger partial charge in [-0.25, -0.2) is 9.37 Å². The number of likely N-dealkylation sites (tertiary alicyclic amines) is 1. The van der Waals surface area contributed by atoms with Crippen molar-refractivity contribution in [1.82, 2.24) is 19.6 Å². The minimum absolute atomic E-state index is 0.108. The zero-order valence-corrected chi connectivity index (χ0v) is 16.7. The van der Waals surface area contributed by atoms with Crippen LogP contribution in [0.15, 0.2) is 27.4 Å². The van der Waals surface area contributed by atoms with Crippen molar-refractivity contribution in [3.8, 4) is 0 Å². The Morgan fingerprint density at radius 2 is 2.13 bits per heavy atom. The van der Waals surface area contributed by atoms with Crippen LogP contribution in [0.5, 0.6) is 0 Å². The van der Waals surface area contributed by atoms with Crippen LogP contribution in [0, 0.1) is 12.7 Å². The van der Waals surface area contributed by atoms with Crippen molar-refractivity contribution >= 4 is 11.0 Å². The molecule has 158 valence electrons. The maximum absolute atomic E-state index is 14.1. The van der Waals surface area contributed by atoms with E-state index in [4.69, 9.17) is 14.1 Å². The molecule has 0 radical (unpaired) electrons. The molecule has 0 unspecified atom stereocenters. The molecule has 0 saturated carbocycles. The molecule has 5 rings (SSSR count). The van der Waals surface area contributed by atoms with Gasteiger partial charge in [-0.15, -0.1) is 0 Å². The molecule has 2 aromatic heterocycles. The average molecular weight is 418 g/mol. The smallest absolute Gasteiger partial charge is 0.256 e. The second-order valence-electron chi connectivity index (χ2n) is 7.86. The fraction of sp³-hybridized carbons (Fsp3) is 0.522. The lowest BCUT2D eigenvalue weighted by Crippen LogP contribution is -2.37. The first-order valence-corrected chi connectivity index (χ1v) is 10.3. The topological polar surface area (TPSA) is 64.2 Å². The van der Waals surface area contributed by atoms with Gasteiger partial charge >= 0.3 is 0 Å². The number of halogens is 1. The third kappa shape index (κ3) is 3.55. The third-order valence-electron chi connectivity index (χ3n) is 5.92.